The molecule has 5 nitrogen and oxygen atoms in total. The maximum Gasteiger partial charge on any atom is 0.219 e. The number of hydrogen-bond acceptors (Lipinski definition) is 4. The van der Waals surface area contributed by atoms with Crippen molar-refractivity contribution in [2.45, 2.75) is 33.8 Å². The minimum absolute atomic E-state index is 0.0805. The molecule has 0 aromatic heterocycles. The van der Waals surface area contributed by atoms with Crippen molar-refractivity contribution in [1.29, 1.82) is 0 Å². The number of carbonyl (C=O) groups excluding carboxylic acids is 1. The van der Waals surface area contributed by atoms with E-state index in [9.17, 15) is 4.79 Å². The van der Waals surface area contributed by atoms with E-state index < -0.39 is 0 Å². The second-order valence-electron chi connectivity index (χ2n) is 4.33. The number of carbonyl (C=O) groups is 1. The Labute approximate surface area is 117 Å². The van der Waals surface area contributed by atoms with Gasteiger partial charge in [0.15, 0.2) is 0 Å². The van der Waals surface area contributed by atoms with Crippen molar-refractivity contribution < 1.29 is 14.3 Å². The fourth-order valence-corrected chi connectivity index (χ4v) is 2.00. The molecule has 1 rings (SSSR count). The zero-order valence-corrected chi connectivity index (χ0v) is 13.1. The van der Waals surface area contributed by atoms with E-state index in [1.54, 1.807) is 14.0 Å². The van der Waals surface area contributed by atoms with Crippen molar-refractivity contribution in [3.05, 3.63) is 0 Å². The smallest absolute Gasteiger partial charge is 0.219 e. The predicted molar refractivity (Wildman–Crippen MR) is 77.3 cm³/mol. The van der Waals surface area contributed by atoms with E-state index in [4.69, 9.17) is 9.47 Å². The van der Waals surface area contributed by atoms with E-state index in [-0.39, 0.29) is 12.0 Å². The lowest BCUT2D eigenvalue weighted by Gasteiger charge is -2.32. The van der Waals surface area contributed by atoms with Crippen LogP contribution in [-0.4, -0.2) is 74.9 Å². The average Bonchev–Trinajstić information content (AvgIpc) is 2.46. The monoisotopic (exact) mass is 274 g/mol. The summed E-state index contributed by atoms with van der Waals surface area (Å²) in [6.07, 6.45) is 0.0805. The van der Waals surface area contributed by atoms with Crippen molar-refractivity contribution in [2.24, 2.45) is 0 Å². The zero-order valence-electron chi connectivity index (χ0n) is 13.1. The van der Waals surface area contributed by atoms with Gasteiger partial charge in [0.25, 0.3) is 0 Å². The Balaban J connectivity index is 0.00000154. The van der Waals surface area contributed by atoms with E-state index in [1.807, 2.05) is 25.7 Å². The van der Waals surface area contributed by atoms with E-state index in [0.717, 1.165) is 39.4 Å². The Morgan fingerprint density at radius 2 is 1.95 bits per heavy atom. The van der Waals surface area contributed by atoms with Crippen LogP contribution in [0, 0.1) is 0 Å². The van der Waals surface area contributed by atoms with Crippen LogP contribution in [0.3, 0.4) is 0 Å². The van der Waals surface area contributed by atoms with Crippen LogP contribution in [0.25, 0.3) is 0 Å². The molecule has 1 aliphatic rings. The summed E-state index contributed by atoms with van der Waals surface area (Å²) >= 11 is 0. The van der Waals surface area contributed by atoms with Gasteiger partial charge in [-0.25, -0.2) is 0 Å². The number of hydrogen-bond donors (Lipinski definition) is 0. The molecule has 0 N–H and O–H groups in total. The molecular formula is C14H30N2O3. The molecule has 0 aromatic carbocycles. The summed E-state index contributed by atoms with van der Waals surface area (Å²) < 4.78 is 10.8. The van der Waals surface area contributed by atoms with Gasteiger partial charge in [-0.05, 0) is 6.92 Å². The number of nitrogens with zero attached hydrogens (tertiary/aromatic N) is 2. The lowest BCUT2D eigenvalue weighted by atomic mass is 10.2. The van der Waals surface area contributed by atoms with Gasteiger partial charge in [-0.2, -0.15) is 0 Å². The van der Waals surface area contributed by atoms with Gasteiger partial charge in [0.1, 0.15) is 0 Å². The Morgan fingerprint density at radius 3 is 2.37 bits per heavy atom. The molecule has 5 heteroatoms. The normalized spacial score (nSPS) is 17.3. The van der Waals surface area contributed by atoms with Crippen LogP contribution in [0.15, 0.2) is 0 Å². The summed E-state index contributed by atoms with van der Waals surface area (Å²) in [5.74, 6) is 0.108. The van der Waals surface area contributed by atoms with E-state index in [0.29, 0.717) is 6.54 Å². The highest BCUT2D eigenvalue weighted by molar-refractivity contribution is 5.73. The highest BCUT2D eigenvalue weighted by Gasteiger charge is 2.19. The van der Waals surface area contributed by atoms with Crippen LogP contribution >= 0.6 is 0 Å². The summed E-state index contributed by atoms with van der Waals surface area (Å²) in [6, 6.07) is 0. The summed E-state index contributed by atoms with van der Waals surface area (Å²) in [5.41, 5.74) is 0. The number of methoxy groups -OCH3 is 1. The van der Waals surface area contributed by atoms with Gasteiger partial charge in [0.2, 0.25) is 5.91 Å². The first-order valence-corrected chi connectivity index (χ1v) is 7.25. The number of rotatable bonds is 6. The lowest BCUT2D eigenvalue weighted by Crippen LogP contribution is -2.46. The second-order valence-corrected chi connectivity index (χ2v) is 4.33. The Morgan fingerprint density at radius 1 is 1.37 bits per heavy atom. The molecule has 0 bridgehead atoms. The van der Waals surface area contributed by atoms with Gasteiger partial charge in [0, 0.05) is 46.8 Å². The van der Waals surface area contributed by atoms with Crippen LogP contribution in [-0.2, 0) is 14.3 Å². The third kappa shape index (κ3) is 7.50. The molecule has 1 aliphatic heterocycles. The second kappa shape index (κ2) is 11.2. The highest BCUT2D eigenvalue weighted by Crippen LogP contribution is 2.03. The Bertz CT molecular complexity index is 231. The number of morpholine rings is 1. The van der Waals surface area contributed by atoms with Gasteiger partial charge < -0.3 is 14.4 Å². The number of amides is 1. The average molecular weight is 274 g/mol. The van der Waals surface area contributed by atoms with Gasteiger partial charge >= 0.3 is 0 Å². The maximum absolute atomic E-state index is 11.4. The standard InChI is InChI=1S/C12H24N2O3.C2H6/c1-4-14(11(2)15)10-12(16-3)9-13-5-7-17-8-6-13;1-2/h12H,4-10H2,1-3H3;1-2H3. The Kier molecular flexibility index (Phi) is 10.8. The number of ether oxygens (including phenoxy) is 2. The van der Waals surface area contributed by atoms with E-state index >= 15 is 0 Å². The summed E-state index contributed by atoms with van der Waals surface area (Å²) in [4.78, 5) is 15.5. The van der Waals surface area contributed by atoms with Gasteiger partial charge in [-0.1, -0.05) is 13.8 Å². The molecule has 1 atom stereocenters. The number of likely N-dealkylation sites (N-methyl/N-ethyl adjacent to an activating group) is 1. The molecule has 0 aliphatic carbocycles. The maximum atomic E-state index is 11.4. The van der Waals surface area contributed by atoms with E-state index in [2.05, 4.69) is 4.90 Å². The van der Waals surface area contributed by atoms with E-state index in [1.165, 1.54) is 0 Å². The summed E-state index contributed by atoms with van der Waals surface area (Å²) in [7, 11) is 1.71. The van der Waals surface area contributed by atoms with Crippen molar-refractivity contribution >= 4 is 5.91 Å². The van der Waals surface area contributed by atoms with Crippen LogP contribution in [0.1, 0.15) is 27.7 Å². The molecular weight excluding hydrogens is 244 g/mol. The molecule has 1 fully saturated rings. The van der Waals surface area contributed by atoms with Crippen LogP contribution in [0.4, 0.5) is 0 Å². The largest absolute Gasteiger partial charge is 0.379 e. The van der Waals surface area contributed by atoms with Gasteiger partial charge in [-0.3, -0.25) is 9.69 Å². The van der Waals surface area contributed by atoms with Crippen molar-refractivity contribution in [2.75, 3.05) is 53.0 Å². The molecule has 0 radical (unpaired) electrons. The third-order valence-corrected chi connectivity index (χ3v) is 3.15. The van der Waals surface area contributed by atoms with Gasteiger partial charge in [-0.15, -0.1) is 0 Å². The predicted octanol–water partition coefficient (Wildman–Crippen LogP) is 1.23. The molecule has 19 heavy (non-hydrogen) atoms. The molecule has 1 unspecified atom stereocenters. The quantitative estimate of drug-likeness (QED) is 0.730. The van der Waals surface area contributed by atoms with Crippen LogP contribution in [0.5, 0.6) is 0 Å². The first-order valence-electron chi connectivity index (χ1n) is 7.25. The summed E-state index contributed by atoms with van der Waals surface area (Å²) in [6.45, 7) is 13.3. The van der Waals surface area contributed by atoms with Gasteiger partial charge in [0.05, 0.1) is 19.3 Å². The Hall–Kier alpha value is -0.650. The SMILES string of the molecule is CC.CCN(CC(CN1CCOCC1)OC)C(C)=O. The molecule has 0 saturated carbocycles. The topological polar surface area (TPSA) is 42.0 Å². The molecule has 0 aromatic rings. The summed E-state index contributed by atoms with van der Waals surface area (Å²) in [5, 5.41) is 0. The van der Waals surface area contributed by atoms with Crippen LogP contribution in [0.2, 0.25) is 0 Å². The molecule has 1 saturated heterocycles. The molecule has 1 amide bonds. The lowest BCUT2D eigenvalue weighted by molar-refractivity contribution is -0.130. The minimum atomic E-state index is 0.0805. The molecule has 1 heterocycles. The van der Waals surface area contributed by atoms with Crippen molar-refractivity contribution in [3.63, 3.8) is 0 Å². The van der Waals surface area contributed by atoms with Crippen LogP contribution < -0.4 is 0 Å². The van der Waals surface area contributed by atoms with Crippen molar-refractivity contribution in [3.8, 4) is 0 Å². The molecule has 114 valence electrons. The fraction of sp³-hybridized carbons (Fsp3) is 0.929. The first kappa shape index (κ1) is 18.4. The highest BCUT2D eigenvalue weighted by atomic mass is 16.5. The van der Waals surface area contributed by atoms with Crippen molar-refractivity contribution in [1.82, 2.24) is 9.80 Å². The zero-order chi connectivity index (χ0) is 14.7. The molecule has 0 spiro atoms. The minimum Gasteiger partial charge on any atom is -0.379 e. The fourth-order valence-electron chi connectivity index (χ4n) is 2.00. The first-order chi connectivity index (χ1) is 9.17. The third-order valence-electron chi connectivity index (χ3n) is 3.15.